The van der Waals surface area contributed by atoms with Crippen molar-refractivity contribution in [1.29, 1.82) is 0 Å². The van der Waals surface area contributed by atoms with Crippen LogP contribution in [0.15, 0.2) is 59.5 Å². The summed E-state index contributed by atoms with van der Waals surface area (Å²) in [6.45, 7) is -0.838. The number of anilines is 1. The van der Waals surface area contributed by atoms with Gasteiger partial charge in [0.25, 0.3) is 5.91 Å². The van der Waals surface area contributed by atoms with Crippen molar-refractivity contribution < 1.29 is 27.5 Å². The van der Waals surface area contributed by atoms with Gasteiger partial charge in [0, 0.05) is 19.8 Å². The summed E-state index contributed by atoms with van der Waals surface area (Å²) in [5, 5.41) is 2.48. The molecule has 1 amide bonds. The largest absolute Gasteiger partial charge is 0.482 e. The average Bonchev–Trinajstić information content (AvgIpc) is 2.65. The second-order valence-electron chi connectivity index (χ2n) is 5.63. The van der Waals surface area contributed by atoms with Crippen molar-refractivity contribution in [3.63, 3.8) is 0 Å². The zero-order chi connectivity index (χ0) is 19.9. The van der Waals surface area contributed by atoms with Gasteiger partial charge >= 0.3 is 5.97 Å². The first-order chi connectivity index (χ1) is 12.8. The second-order valence-corrected chi connectivity index (χ2v) is 7.78. The van der Waals surface area contributed by atoms with Gasteiger partial charge in [-0.3, -0.25) is 4.79 Å². The van der Waals surface area contributed by atoms with E-state index in [9.17, 15) is 18.0 Å². The first kappa shape index (κ1) is 20.4. The van der Waals surface area contributed by atoms with Gasteiger partial charge in [-0.05, 0) is 30.3 Å². The molecule has 1 N–H and O–H groups in total. The molecule has 0 aromatic heterocycles. The Kier molecular flexibility index (Phi) is 6.91. The Balaban J connectivity index is 1.84. The van der Waals surface area contributed by atoms with E-state index in [2.05, 4.69) is 5.32 Å². The lowest BCUT2D eigenvalue weighted by atomic mass is 10.3. The zero-order valence-corrected chi connectivity index (χ0v) is 15.7. The van der Waals surface area contributed by atoms with Crippen molar-refractivity contribution >= 4 is 27.6 Å². The Morgan fingerprint density at radius 1 is 1.00 bits per heavy atom. The van der Waals surface area contributed by atoms with Crippen LogP contribution in [-0.2, 0) is 24.3 Å². The molecule has 0 saturated heterocycles. The molecule has 0 atom stereocenters. The van der Waals surface area contributed by atoms with E-state index in [-0.39, 0.29) is 17.2 Å². The van der Waals surface area contributed by atoms with Crippen LogP contribution in [0, 0.1) is 0 Å². The summed E-state index contributed by atoms with van der Waals surface area (Å²) >= 11 is 0. The highest BCUT2D eigenvalue weighted by Crippen LogP contribution is 2.17. The maximum absolute atomic E-state index is 12.1. The third kappa shape index (κ3) is 6.08. The van der Waals surface area contributed by atoms with Gasteiger partial charge in [-0.25, -0.2) is 17.5 Å². The third-order valence-electron chi connectivity index (χ3n) is 3.36. The fourth-order valence-electron chi connectivity index (χ4n) is 1.99. The number of carbonyl (C=O) groups excluding carboxylic acids is 2. The standard InChI is InChI=1S/C18H20N2O6S/c1-20(2)27(23,24)16-10-6-7-14(11-16)19-17(21)12-26-18(22)13-25-15-8-4-3-5-9-15/h3-11H,12-13H2,1-2H3,(H,19,21). The molecule has 0 saturated carbocycles. The molecule has 0 heterocycles. The van der Waals surface area contributed by atoms with Crippen molar-refractivity contribution in [2.45, 2.75) is 4.90 Å². The van der Waals surface area contributed by atoms with Crippen LogP contribution in [0.3, 0.4) is 0 Å². The highest BCUT2D eigenvalue weighted by molar-refractivity contribution is 7.89. The van der Waals surface area contributed by atoms with Gasteiger partial charge in [-0.2, -0.15) is 0 Å². The van der Waals surface area contributed by atoms with E-state index < -0.39 is 28.5 Å². The fourth-order valence-corrected chi connectivity index (χ4v) is 2.94. The van der Waals surface area contributed by atoms with Crippen LogP contribution in [0.1, 0.15) is 0 Å². The lowest BCUT2D eigenvalue weighted by Gasteiger charge is -2.12. The van der Waals surface area contributed by atoms with Crippen molar-refractivity contribution in [2.24, 2.45) is 0 Å². The molecule has 0 radical (unpaired) electrons. The summed E-state index contributed by atoms with van der Waals surface area (Å²) in [6.07, 6.45) is 0. The number of ether oxygens (including phenoxy) is 2. The van der Waals surface area contributed by atoms with E-state index in [1.807, 2.05) is 6.07 Å². The van der Waals surface area contributed by atoms with E-state index in [1.54, 1.807) is 24.3 Å². The SMILES string of the molecule is CN(C)S(=O)(=O)c1cccc(NC(=O)COC(=O)COc2ccccc2)c1. The van der Waals surface area contributed by atoms with Crippen LogP contribution in [0.5, 0.6) is 5.75 Å². The van der Waals surface area contributed by atoms with Crippen LogP contribution in [0.4, 0.5) is 5.69 Å². The van der Waals surface area contributed by atoms with Crippen LogP contribution in [-0.4, -0.2) is 51.9 Å². The maximum atomic E-state index is 12.1. The number of carbonyl (C=O) groups is 2. The summed E-state index contributed by atoms with van der Waals surface area (Å²) < 4.78 is 35.3. The van der Waals surface area contributed by atoms with Crippen LogP contribution < -0.4 is 10.1 Å². The lowest BCUT2D eigenvalue weighted by molar-refractivity contribution is -0.149. The molecule has 144 valence electrons. The smallest absolute Gasteiger partial charge is 0.344 e. The molecule has 0 aliphatic heterocycles. The van der Waals surface area contributed by atoms with Crippen molar-refractivity contribution in [3.05, 3.63) is 54.6 Å². The van der Waals surface area contributed by atoms with Crippen molar-refractivity contribution in [2.75, 3.05) is 32.6 Å². The summed E-state index contributed by atoms with van der Waals surface area (Å²) in [6, 6.07) is 14.5. The number of nitrogens with one attached hydrogen (secondary N) is 1. The van der Waals surface area contributed by atoms with E-state index in [1.165, 1.54) is 38.4 Å². The highest BCUT2D eigenvalue weighted by Gasteiger charge is 2.17. The Hall–Kier alpha value is -2.91. The lowest BCUT2D eigenvalue weighted by Crippen LogP contribution is -2.24. The predicted molar refractivity (Wildman–Crippen MR) is 98.8 cm³/mol. The third-order valence-corrected chi connectivity index (χ3v) is 5.17. The Morgan fingerprint density at radius 2 is 1.70 bits per heavy atom. The Labute approximate surface area is 157 Å². The summed E-state index contributed by atoms with van der Waals surface area (Å²) in [4.78, 5) is 23.6. The number of rotatable bonds is 8. The van der Waals surface area contributed by atoms with Gasteiger partial charge in [0.05, 0.1) is 4.90 Å². The van der Waals surface area contributed by atoms with Gasteiger partial charge in [-0.1, -0.05) is 24.3 Å². The topological polar surface area (TPSA) is 102 Å². The molecule has 2 aromatic carbocycles. The maximum Gasteiger partial charge on any atom is 0.344 e. The molecular formula is C18H20N2O6S. The normalized spacial score (nSPS) is 11.1. The van der Waals surface area contributed by atoms with Gasteiger partial charge < -0.3 is 14.8 Å². The number of sulfonamides is 1. The van der Waals surface area contributed by atoms with Gasteiger partial charge in [-0.15, -0.1) is 0 Å². The average molecular weight is 392 g/mol. The van der Waals surface area contributed by atoms with Crippen LogP contribution in [0.25, 0.3) is 0 Å². The van der Waals surface area contributed by atoms with Crippen molar-refractivity contribution in [3.8, 4) is 5.75 Å². The monoisotopic (exact) mass is 392 g/mol. The van der Waals surface area contributed by atoms with Gasteiger partial charge in [0.1, 0.15) is 5.75 Å². The molecule has 0 aliphatic carbocycles. The van der Waals surface area contributed by atoms with Gasteiger partial charge in [0.15, 0.2) is 13.2 Å². The van der Waals surface area contributed by atoms with Crippen LogP contribution in [0.2, 0.25) is 0 Å². The number of benzene rings is 2. The molecule has 0 fully saturated rings. The first-order valence-corrected chi connectivity index (χ1v) is 9.39. The van der Waals surface area contributed by atoms with Gasteiger partial charge in [0.2, 0.25) is 10.0 Å². The number of nitrogens with zero attached hydrogens (tertiary/aromatic N) is 1. The van der Waals surface area contributed by atoms with Crippen LogP contribution >= 0.6 is 0 Å². The fraction of sp³-hybridized carbons (Fsp3) is 0.222. The molecule has 2 rings (SSSR count). The second kappa shape index (κ2) is 9.15. The summed E-state index contributed by atoms with van der Waals surface area (Å²) in [5.41, 5.74) is 0.277. The van der Waals surface area contributed by atoms with E-state index >= 15 is 0 Å². The Morgan fingerprint density at radius 3 is 2.37 bits per heavy atom. The van der Waals surface area contributed by atoms with E-state index in [4.69, 9.17) is 9.47 Å². The Bertz CT molecular complexity index is 897. The minimum atomic E-state index is -3.61. The number of esters is 1. The minimum Gasteiger partial charge on any atom is -0.482 e. The molecule has 8 nitrogen and oxygen atoms in total. The quantitative estimate of drug-likeness (QED) is 0.683. The molecule has 2 aromatic rings. The summed E-state index contributed by atoms with van der Waals surface area (Å²) in [7, 11) is -0.786. The molecule has 27 heavy (non-hydrogen) atoms. The molecule has 9 heteroatoms. The molecule has 0 bridgehead atoms. The predicted octanol–water partition coefficient (Wildman–Crippen LogP) is 1.50. The zero-order valence-electron chi connectivity index (χ0n) is 14.9. The minimum absolute atomic E-state index is 0.0403. The van der Waals surface area contributed by atoms with E-state index in [0.29, 0.717) is 5.75 Å². The number of amides is 1. The van der Waals surface area contributed by atoms with Crippen molar-refractivity contribution in [1.82, 2.24) is 4.31 Å². The molecule has 0 unspecified atom stereocenters. The molecule has 0 aliphatic rings. The number of para-hydroxylation sites is 1. The van der Waals surface area contributed by atoms with E-state index in [0.717, 1.165) is 4.31 Å². The number of hydrogen-bond donors (Lipinski definition) is 1. The molecular weight excluding hydrogens is 372 g/mol. The number of hydrogen-bond acceptors (Lipinski definition) is 6. The highest BCUT2D eigenvalue weighted by atomic mass is 32.2. The summed E-state index contributed by atoms with van der Waals surface area (Å²) in [5.74, 6) is -0.779. The molecule has 0 spiro atoms. The first-order valence-electron chi connectivity index (χ1n) is 7.95.